The summed E-state index contributed by atoms with van der Waals surface area (Å²) in [5.41, 5.74) is 3.06. The summed E-state index contributed by atoms with van der Waals surface area (Å²) in [5.74, 6) is -0.428. The molecule has 0 heterocycles. The molecule has 2 nitrogen and oxygen atoms in total. The molecule has 0 spiro atoms. The van der Waals surface area contributed by atoms with E-state index in [1.165, 1.54) is 6.08 Å². The molecule has 0 unspecified atom stereocenters. The number of aryl methyl sites for hydroxylation is 1. The van der Waals surface area contributed by atoms with Gasteiger partial charge in [0, 0.05) is 6.08 Å². The Bertz CT molecular complexity index is 403. The smallest absolute Gasteiger partial charge is 0.328 e. The summed E-state index contributed by atoms with van der Waals surface area (Å²) >= 11 is 0. The fourth-order valence-electron chi connectivity index (χ4n) is 1.69. The molecule has 0 radical (unpaired) electrons. The van der Waals surface area contributed by atoms with Crippen molar-refractivity contribution in [3.63, 3.8) is 0 Å². The summed E-state index contributed by atoms with van der Waals surface area (Å²) in [6.07, 6.45) is 2.10. The van der Waals surface area contributed by atoms with Gasteiger partial charge in [-0.25, -0.2) is 4.79 Å². The Kier molecular flexibility index (Phi) is 4.29. The van der Waals surface area contributed by atoms with E-state index in [1.54, 1.807) is 0 Å². The van der Waals surface area contributed by atoms with Crippen LogP contribution in [0.4, 0.5) is 0 Å². The quantitative estimate of drug-likeness (QED) is 0.785. The van der Waals surface area contributed by atoms with Gasteiger partial charge in [0.15, 0.2) is 0 Å². The standard InChI is InChI=1S/C14H18O2/c1-10(2)7-13(9-14(15)16)12-6-4-5-11(3)8-12/h4-6,8-10H,7H2,1-3H3,(H,15,16)/b13-9+. The zero-order valence-corrected chi connectivity index (χ0v) is 10.0. The van der Waals surface area contributed by atoms with Crippen LogP contribution in [0.3, 0.4) is 0 Å². The molecule has 0 amide bonds. The molecule has 0 saturated heterocycles. The van der Waals surface area contributed by atoms with E-state index in [4.69, 9.17) is 5.11 Å². The van der Waals surface area contributed by atoms with Crippen LogP contribution >= 0.6 is 0 Å². The third-order valence-corrected chi connectivity index (χ3v) is 2.31. The molecule has 16 heavy (non-hydrogen) atoms. The van der Waals surface area contributed by atoms with Gasteiger partial charge in [-0.1, -0.05) is 43.7 Å². The van der Waals surface area contributed by atoms with E-state index in [2.05, 4.69) is 13.8 Å². The largest absolute Gasteiger partial charge is 0.478 e. The first-order chi connectivity index (χ1) is 7.49. The summed E-state index contributed by atoms with van der Waals surface area (Å²) < 4.78 is 0. The number of hydrogen-bond acceptors (Lipinski definition) is 1. The average molecular weight is 218 g/mol. The lowest BCUT2D eigenvalue weighted by Gasteiger charge is -2.10. The van der Waals surface area contributed by atoms with E-state index in [0.717, 1.165) is 23.1 Å². The van der Waals surface area contributed by atoms with Gasteiger partial charge in [-0.15, -0.1) is 0 Å². The highest BCUT2D eigenvalue weighted by Gasteiger charge is 2.06. The van der Waals surface area contributed by atoms with Crippen LogP contribution in [0.2, 0.25) is 0 Å². The maximum atomic E-state index is 10.8. The van der Waals surface area contributed by atoms with Gasteiger partial charge in [-0.2, -0.15) is 0 Å². The van der Waals surface area contributed by atoms with Crippen LogP contribution in [0.15, 0.2) is 30.3 Å². The van der Waals surface area contributed by atoms with Gasteiger partial charge in [0.05, 0.1) is 0 Å². The van der Waals surface area contributed by atoms with Crippen molar-refractivity contribution < 1.29 is 9.90 Å². The molecular weight excluding hydrogens is 200 g/mol. The van der Waals surface area contributed by atoms with Crippen LogP contribution in [0, 0.1) is 12.8 Å². The predicted molar refractivity (Wildman–Crippen MR) is 66.2 cm³/mol. The molecule has 1 rings (SSSR count). The summed E-state index contributed by atoms with van der Waals surface area (Å²) in [6, 6.07) is 7.96. The highest BCUT2D eigenvalue weighted by atomic mass is 16.4. The van der Waals surface area contributed by atoms with E-state index in [9.17, 15) is 4.79 Å². The Morgan fingerprint density at radius 1 is 1.44 bits per heavy atom. The van der Waals surface area contributed by atoms with E-state index in [1.807, 2.05) is 31.2 Å². The second-order valence-electron chi connectivity index (χ2n) is 4.48. The molecule has 0 aliphatic rings. The highest BCUT2D eigenvalue weighted by molar-refractivity contribution is 5.90. The van der Waals surface area contributed by atoms with Crippen molar-refractivity contribution in [3.05, 3.63) is 41.5 Å². The first-order valence-electron chi connectivity index (χ1n) is 5.49. The summed E-state index contributed by atoms with van der Waals surface area (Å²) in [4.78, 5) is 10.8. The normalized spacial score (nSPS) is 11.9. The zero-order valence-electron chi connectivity index (χ0n) is 10.0. The van der Waals surface area contributed by atoms with Gasteiger partial charge in [-0.05, 0) is 30.4 Å². The molecule has 0 aromatic heterocycles. The minimum atomic E-state index is -0.878. The molecule has 86 valence electrons. The Hall–Kier alpha value is -1.57. The van der Waals surface area contributed by atoms with Gasteiger partial charge >= 0.3 is 5.97 Å². The van der Waals surface area contributed by atoms with Gasteiger partial charge < -0.3 is 5.11 Å². The summed E-state index contributed by atoms with van der Waals surface area (Å²) in [7, 11) is 0. The van der Waals surface area contributed by atoms with Crippen LogP contribution in [0.1, 0.15) is 31.4 Å². The number of hydrogen-bond donors (Lipinski definition) is 1. The molecule has 0 saturated carbocycles. The van der Waals surface area contributed by atoms with Crippen molar-refractivity contribution >= 4 is 11.5 Å². The van der Waals surface area contributed by atoms with Gasteiger partial charge in [0.1, 0.15) is 0 Å². The van der Waals surface area contributed by atoms with Crippen molar-refractivity contribution in [1.82, 2.24) is 0 Å². The molecule has 0 atom stereocenters. The van der Waals surface area contributed by atoms with Crippen molar-refractivity contribution in [2.24, 2.45) is 5.92 Å². The molecule has 1 aromatic rings. The van der Waals surface area contributed by atoms with Gasteiger partial charge in [-0.3, -0.25) is 0 Å². The SMILES string of the molecule is Cc1cccc(/C(=C/C(=O)O)CC(C)C)c1. The lowest BCUT2D eigenvalue weighted by molar-refractivity contribution is -0.131. The number of aliphatic carboxylic acids is 1. The van der Waals surface area contributed by atoms with Crippen LogP contribution in [-0.4, -0.2) is 11.1 Å². The number of rotatable bonds is 4. The fourth-order valence-corrected chi connectivity index (χ4v) is 1.69. The number of carbonyl (C=O) groups is 1. The second-order valence-corrected chi connectivity index (χ2v) is 4.48. The lowest BCUT2D eigenvalue weighted by Crippen LogP contribution is -1.97. The third-order valence-electron chi connectivity index (χ3n) is 2.31. The maximum Gasteiger partial charge on any atom is 0.328 e. The Morgan fingerprint density at radius 2 is 2.12 bits per heavy atom. The average Bonchev–Trinajstić information content (AvgIpc) is 2.15. The third kappa shape index (κ3) is 3.89. The van der Waals surface area contributed by atoms with E-state index < -0.39 is 5.97 Å². The summed E-state index contributed by atoms with van der Waals surface area (Å²) in [6.45, 7) is 6.19. The highest BCUT2D eigenvalue weighted by Crippen LogP contribution is 2.23. The van der Waals surface area contributed by atoms with E-state index in [-0.39, 0.29) is 0 Å². The molecule has 1 aromatic carbocycles. The Labute approximate surface area is 96.6 Å². The van der Waals surface area contributed by atoms with Crippen LogP contribution < -0.4 is 0 Å². The van der Waals surface area contributed by atoms with Crippen LogP contribution in [-0.2, 0) is 4.79 Å². The van der Waals surface area contributed by atoms with Gasteiger partial charge in [0.2, 0.25) is 0 Å². The molecule has 0 bridgehead atoms. The van der Waals surface area contributed by atoms with Crippen molar-refractivity contribution in [2.75, 3.05) is 0 Å². The second kappa shape index (κ2) is 5.50. The van der Waals surface area contributed by atoms with Crippen molar-refractivity contribution in [1.29, 1.82) is 0 Å². The van der Waals surface area contributed by atoms with Crippen molar-refractivity contribution in [3.8, 4) is 0 Å². The topological polar surface area (TPSA) is 37.3 Å². The predicted octanol–water partition coefficient (Wildman–Crippen LogP) is 3.51. The van der Waals surface area contributed by atoms with Crippen LogP contribution in [0.25, 0.3) is 5.57 Å². The maximum absolute atomic E-state index is 10.8. The minimum absolute atomic E-state index is 0.450. The number of benzene rings is 1. The first kappa shape index (κ1) is 12.5. The Balaban J connectivity index is 3.06. The Morgan fingerprint density at radius 3 is 2.62 bits per heavy atom. The molecule has 2 heteroatoms. The molecule has 0 aliphatic carbocycles. The number of carboxylic acids is 1. The number of carboxylic acid groups (broad SMARTS) is 1. The number of allylic oxidation sites excluding steroid dienone is 1. The molecule has 0 aliphatic heterocycles. The molecule has 0 fully saturated rings. The van der Waals surface area contributed by atoms with Crippen LogP contribution in [0.5, 0.6) is 0 Å². The van der Waals surface area contributed by atoms with Gasteiger partial charge in [0.25, 0.3) is 0 Å². The molecular formula is C14H18O2. The molecule has 1 N–H and O–H groups in total. The minimum Gasteiger partial charge on any atom is -0.478 e. The van der Waals surface area contributed by atoms with E-state index in [0.29, 0.717) is 5.92 Å². The summed E-state index contributed by atoms with van der Waals surface area (Å²) in [5, 5.41) is 8.85. The first-order valence-corrected chi connectivity index (χ1v) is 5.49. The zero-order chi connectivity index (χ0) is 12.1. The van der Waals surface area contributed by atoms with E-state index >= 15 is 0 Å². The van der Waals surface area contributed by atoms with Crippen molar-refractivity contribution in [2.45, 2.75) is 27.2 Å². The fraction of sp³-hybridized carbons (Fsp3) is 0.357. The monoisotopic (exact) mass is 218 g/mol. The lowest BCUT2D eigenvalue weighted by atomic mass is 9.95.